The van der Waals surface area contributed by atoms with E-state index in [1.54, 1.807) is 0 Å². The lowest BCUT2D eigenvalue weighted by Crippen LogP contribution is -2.39. The van der Waals surface area contributed by atoms with Crippen LogP contribution < -0.4 is 0 Å². The Kier molecular flexibility index (Phi) is 5.75. The molecule has 0 bridgehead atoms. The molecule has 0 aliphatic heterocycles. The van der Waals surface area contributed by atoms with Crippen LogP contribution in [0.3, 0.4) is 0 Å². The maximum Gasteiger partial charge on any atom is 0.188 e. The lowest BCUT2D eigenvalue weighted by atomic mass is 9.85. The lowest BCUT2D eigenvalue weighted by Gasteiger charge is -2.34. The van der Waals surface area contributed by atoms with Crippen LogP contribution in [0.2, 0.25) is 19.1 Å². The van der Waals surface area contributed by atoms with E-state index in [1.807, 2.05) is 0 Å². The predicted molar refractivity (Wildman–Crippen MR) is 77.4 cm³/mol. The molecule has 0 amide bonds. The first kappa shape index (κ1) is 14.8. The fraction of sp³-hybridized carbons (Fsp3) is 0.867. The summed E-state index contributed by atoms with van der Waals surface area (Å²) in [7, 11) is -1.58. The van der Waals surface area contributed by atoms with Gasteiger partial charge in [0.1, 0.15) is 6.10 Å². The van der Waals surface area contributed by atoms with Gasteiger partial charge in [-0.1, -0.05) is 39.0 Å². The molecule has 1 unspecified atom stereocenters. The van der Waals surface area contributed by atoms with Crippen molar-refractivity contribution in [2.45, 2.75) is 71.2 Å². The third-order valence-electron chi connectivity index (χ3n) is 3.59. The van der Waals surface area contributed by atoms with Gasteiger partial charge in [0.2, 0.25) is 0 Å². The summed E-state index contributed by atoms with van der Waals surface area (Å²) in [4.78, 5) is 0. The minimum absolute atomic E-state index is 0.0794. The highest BCUT2D eigenvalue weighted by molar-refractivity contribution is 6.71. The zero-order chi connectivity index (χ0) is 12.9. The van der Waals surface area contributed by atoms with Crippen LogP contribution in [0, 0.1) is 24.2 Å². The van der Waals surface area contributed by atoms with Crippen LogP contribution in [0.25, 0.3) is 0 Å². The molecule has 1 aliphatic rings. The molecule has 0 saturated heterocycles. The van der Waals surface area contributed by atoms with E-state index in [4.69, 9.17) is 10.8 Å². The summed E-state index contributed by atoms with van der Waals surface area (Å²) in [6.07, 6.45) is 12.3. The van der Waals surface area contributed by atoms with Crippen molar-refractivity contribution in [1.29, 1.82) is 0 Å². The van der Waals surface area contributed by atoms with Gasteiger partial charge in [-0.2, -0.15) is 0 Å². The molecule has 1 fully saturated rings. The first-order valence-electron chi connectivity index (χ1n) is 7.08. The first-order chi connectivity index (χ1) is 7.94. The molecule has 1 rings (SSSR count). The number of hydrogen-bond donors (Lipinski definition) is 0. The van der Waals surface area contributed by atoms with Crippen LogP contribution in [-0.2, 0) is 4.43 Å². The van der Waals surface area contributed by atoms with E-state index in [9.17, 15) is 0 Å². The van der Waals surface area contributed by atoms with Crippen molar-refractivity contribution >= 4 is 8.32 Å². The highest BCUT2D eigenvalue weighted by Crippen LogP contribution is 2.30. The maximum absolute atomic E-state index is 6.34. The molecule has 2 heteroatoms. The van der Waals surface area contributed by atoms with E-state index in [0.29, 0.717) is 11.8 Å². The second-order valence-corrected chi connectivity index (χ2v) is 10.6. The topological polar surface area (TPSA) is 9.23 Å². The zero-order valence-electron chi connectivity index (χ0n) is 12.0. The fourth-order valence-corrected chi connectivity index (χ4v) is 6.09. The molecule has 98 valence electrons. The van der Waals surface area contributed by atoms with Gasteiger partial charge in [-0.15, -0.1) is 6.42 Å². The van der Waals surface area contributed by atoms with E-state index in [-0.39, 0.29) is 6.10 Å². The van der Waals surface area contributed by atoms with Gasteiger partial charge in [-0.05, 0) is 43.8 Å². The quantitative estimate of drug-likeness (QED) is 0.519. The predicted octanol–water partition coefficient (Wildman–Crippen LogP) is 4.45. The number of terminal acetylenes is 1. The van der Waals surface area contributed by atoms with Gasteiger partial charge in [-0.25, -0.2) is 0 Å². The Labute approximate surface area is 108 Å². The molecule has 0 N–H and O–H groups in total. The van der Waals surface area contributed by atoms with Crippen molar-refractivity contribution in [3.63, 3.8) is 0 Å². The summed E-state index contributed by atoms with van der Waals surface area (Å²) in [6.45, 7) is 9.15. The van der Waals surface area contributed by atoms with Crippen LogP contribution in [-0.4, -0.2) is 14.4 Å². The molecule has 1 nitrogen and oxygen atoms in total. The smallest absolute Gasteiger partial charge is 0.188 e. The minimum Gasteiger partial charge on any atom is -0.404 e. The summed E-state index contributed by atoms with van der Waals surface area (Å²) >= 11 is 0. The Morgan fingerprint density at radius 3 is 2.29 bits per heavy atom. The molecule has 1 atom stereocenters. The molecular weight excluding hydrogens is 224 g/mol. The van der Waals surface area contributed by atoms with E-state index in [2.05, 4.69) is 32.9 Å². The Morgan fingerprint density at radius 1 is 1.24 bits per heavy atom. The molecule has 1 saturated carbocycles. The third-order valence-corrected chi connectivity index (χ3v) is 6.28. The van der Waals surface area contributed by atoms with Crippen LogP contribution >= 0.6 is 0 Å². The molecule has 0 radical (unpaired) electrons. The molecule has 0 aromatic carbocycles. The third kappa shape index (κ3) is 5.27. The van der Waals surface area contributed by atoms with Crippen LogP contribution in [0.1, 0.15) is 46.0 Å². The van der Waals surface area contributed by atoms with Gasteiger partial charge < -0.3 is 4.43 Å². The van der Waals surface area contributed by atoms with E-state index in [0.717, 1.165) is 0 Å². The van der Waals surface area contributed by atoms with Gasteiger partial charge in [0, 0.05) is 0 Å². The molecule has 0 heterocycles. The molecule has 17 heavy (non-hydrogen) atoms. The highest BCUT2D eigenvalue weighted by Gasteiger charge is 2.31. The first-order valence-corrected chi connectivity index (χ1v) is 10.2. The Balaban J connectivity index is 2.53. The Hall–Kier alpha value is -0.263. The van der Waals surface area contributed by atoms with Crippen molar-refractivity contribution in [3.8, 4) is 12.3 Å². The average Bonchev–Trinajstić information content (AvgIpc) is 2.25. The SMILES string of the molecule is C#CC(O[Si](C)(C)CC(C)C)C1CCCCC1. The summed E-state index contributed by atoms with van der Waals surface area (Å²) in [5.41, 5.74) is 0. The number of rotatable bonds is 5. The standard InChI is InChI=1S/C15H28OSi/c1-6-15(14-10-8-7-9-11-14)16-17(4,5)12-13(2)3/h1,13-15H,7-12H2,2-5H3. The van der Waals surface area contributed by atoms with Crippen molar-refractivity contribution < 1.29 is 4.43 Å². The van der Waals surface area contributed by atoms with E-state index >= 15 is 0 Å². The van der Waals surface area contributed by atoms with Crippen molar-refractivity contribution in [2.24, 2.45) is 11.8 Å². The van der Waals surface area contributed by atoms with Crippen LogP contribution in [0.4, 0.5) is 0 Å². The van der Waals surface area contributed by atoms with Crippen molar-refractivity contribution in [1.82, 2.24) is 0 Å². The monoisotopic (exact) mass is 252 g/mol. The zero-order valence-corrected chi connectivity index (χ0v) is 13.0. The fourth-order valence-electron chi connectivity index (χ4n) is 3.08. The largest absolute Gasteiger partial charge is 0.404 e. The summed E-state index contributed by atoms with van der Waals surface area (Å²) in [5.74, 6) is 4.24. The van der Waals surface area contributed by atoms with Gasteiger partial charge in [0.05, 0.1) is 0 Å². The second kappa shape index (κ2) is 6.61. The average molecular weight is 252 g/mol. The van der Waals surface area contributed by atoms with Crippen LogP contribution in [0.15, 0.2) is 0 Å². The summed E-state index contributed by atoms with van der Waals surface area (Å²) < 4.78 is 6.34. The molecule has 0 spiro atoms. The second-order valence-electron chi connectivity index (χ2n) is 6.46. The number of hydrogen-bond acceptors (Lipinski definition) is 1. The normalized spacial score (nSPS) is 20.2. The van der Waals surface area contributed by atoms with E-state index < -0.39 is 8.32 Å². The van der Waals surface area contributed by atoms with Crippen molar-refractivity contribution in [3.05, 3.63) is 0 Å². The minimum atomic E-state index is -1.58. The highest BCUT2D eigenvalue weighted by atomic mass is 28.4. The molecule has 0 aromatic heterocycles. The Morgan fingerprint density at radius 2 is 1.82 bits per heavy atom. The van der Waals surface area contributed by atoms with Crippen LogP contribution in [0.5, 0.6) is 0 Å². The summed E-state index contributed by atoms with van der Waals surface area (Å²) in [5, 5.41) is 0. The summed E-state index contributed by atoms with van der Waals surface area (Å²) in [6, 6.07) is 1.21. The molecular formula is C15H28OSi. The van der Waals surface area contributed by atoms with Gasteiger partial charge >= 0.3 is 0 Å². The van der Waals surface area contributed by atoms with Gasteiger partial charge in [0.25, 0.3) is 0 Å². The molecule has 1 aliphatic carbocycles. The molecule has 0 aromatic rings. The van der Waals surface area contributed by atoms with Gasteiger partial charge in [-0.3, -0.25) is 0 Å². The Bertz CT molecular complexity index is 259. The lowest BCUT2D eigenvalue weighted by molar-refractivity contribution is 0.145. The van der Waals surface area contributed by atoms with Crippen molar-refractivity contribution in [2.75, 3.05) is 0 Å². The van der Waals surface area contributed by atoms with Gasteiger partial charge in [0.15, 0.2) is 8.32 Å². The maximum atomic E-state index is 6.34. The van der Waals surface area contributed by atoms with E-state index in [1.165, 1.54) is 38.1 Å².